The standard InChI is InChI=1S/C19H21Cl2F3N4O2.C17H25ClN2O3.C7H6ClF3N2O2/c1-12-17(21)18(19(22,23)24)25-28(12)11-16(29)27-7-3-6-26(8-9-27)13-4-5-14(20)15(10-13)30-2;1-17(2,3)23-16(21)20-9-5-8-19(10-11-20)13-6-7-14(18)15(12-13)22-4;1-3-5(8)6(7(9,10)11)12-13(3)2-4(14)15/h4-5,10H,3,6-9,11H2,1-2H3;6-7,12H,5,8-11H2,1-4H3;2H2,1H3,(H,14,15). The molecule has 2 aliphatic heterocycles. The first-order chi connectivity index (χ1) is 31.6. The molecule has 4 aromatic rings. The monoisotopic (exact) mass is 1050 g/mol. The number of hydrogen-bond donors (Lipinski definition) is 1. The number of carboxylic acid groups (broad SMARTS) is 1. The molecule has 68 heavy (non-hydrogen) atoms. The normalized spacial score (nSPS) is 14.8. The van der Waals surface area contributed by atoms with Crippen LogP contribution in [0.3, 0.4) is 0 Å². The number of alkyl halides is 6. The molecule has 25 heteroatoms. The minimum Gasteiger partial charge on any atom is -0.495 e. The van der Waals surface area contributed by atoms with Crippen molar-refractivity contribution in [1.82, 2.24) is 29.4 Å². The molecule has 0 unspecified atom stereocenters. The Morgan fingerprint density at radius 2 is 1.04 bits per heavy atom. The minimum atomic E-state index is -4.68. The molecule has 0 spiro atoms. The molecule has 2 amide bonds. The van der Waals surface area contributed by atoms with Crippen LogP contribution in [0.15, 0.2) is 36.4 Å². The highest BCUT2D eigenvalue weighted by molar-refractivity contribution is 6.33. The van der Waals surface area contributed by atoms with Gasteiger partial charge in [0.2, 0.25) is 5.91 Å². The second-order valence-electron chi connectivity index (χ2n) is 16.4. The van der Waals surface area contributed by atoms with Crippen LogP contribution in [0.2, 0.25) is 20.1 Å². The van der Waals surface area contributed by atoms with Crippen molar-refractivity contribution in [2.24, 2.45) is 0 Å². The first kappa shape index (κ1) is 55.6. The molecule has 376 valence electrons. The van der Waals surface area contributed by atoms with Crippen LogP contribution in [0.4, 0.5) is 42.5 Å². The number of carboxylic acids is 1. The van der Waals surface area contributed by atoms with E-state index in [9.17, 15) is 40.7 Å². The van der Waals surface area contributed by atoms with E-state index in [4.69, 9.17) is 65.7 Å². The van der Waals surface area contributed by atoms with Crippen LogP contribution < -0.4 is 19.3 Å². The van der Waals surface area contributed by atoms with Crippen molar-refractivity contribution >= 4 is 75.7 Å². The number of methoxy groups -OCH3 is 2. The lowest BCUT2D eigenvalue weighted by Gasteiger charge is -2.27. The zero-order valence-corrected chi connectivity index (χ0v) is 41.2. The molecule has 0 radical (unpaired) electrons. The van der Waals surface area contributed by atoms with Crippen molar-refractivity contribution < 1.29 is 60.0 Å². The summed E-state index contributed by atoms with van der Waals surface area (Å²) in [5.41, 5.74) is -0.830. The van der Waals surface area contributed by atoms with Gasteiger partial charge in [-0.25, -0.2) is 4.79 Å². The number of hydrogen-bond acceptors (Lipinski definition) is 10. The molecule has 2 aliphatic rings. The highest BCUT2D eigenvalue weighted by Gasteiger charge is 2.39. The molecular weight excluding hydrogens is 996 g/mol. The lowest BCUT2D eigenvalue weighted by Crippen LogP contribution is -2.39. The fraction of sp³-hybridized carbons (Fsp3) is 0.512. The van der Waals surface area contributed by atoms with Gasteiger partial charge >= 0.3 is 24.4 Å². The number of carbonyl (C=O) groups is 3. The summed E-state index contributed by atoms with van der Waals surface area (Å²) in [7, 11) is 3.15. The third-order valence-corrected chi connectivity index (χ3v) is 11.9. The van der Waals surface area contributed by atoms with Gasteiger partial charge < -0.3 is 38.9 Å². The van der Waals surface area contributed by atoms with E-state index in [-0.39, 0.29) is 29.9 Å². The van der Waals surface area contributed by atoms with Crippen LogP contribution >= 0.6 is 46.4 Å². The van der Waals surface area contributed by atoms with Gasteiger partial charge in [0.1, 0.15) is 30.2 Å². The molecule has 1 N–H and O–H groups in total. The van der Waals surface area contributed by atoms with Gasteiger partial charge in [0.05, 0.1) is 45.7 Å². The van der Waals surface area contributed by atoms with Crippen LogP contribution in [0, 0.1) is 13.8 Å². The largest absolute Gasteiger partial charge is 0.495 e. The van der Waals surface area contributed by atoms with Crippen molar-refractivity contribution in [2.75, 3.05) is 76.4 Å². The van der Waals surface area contributed by atoms with E-state index in [1.165, 1.54) is 13.8 Å². The fourth-order valence-corrected chi connectivity index (χ4v) is 7.75. The maximum absolute atomic E-state index is 13.0. The summed E-state index contributed by atoms with van der Waals surface area (Å²) in [6, 6.07) is 11.2. The molecule has 0 saturated carbocycles. The molecule has 0 aliphatic carbocycles. The second-order valence-corrected chi connectivity index (χ2v) is 17.9. The number of nitrogens with zero attached hydrogens (tertiary/aromatic N) is 8. The Morgan fingerprint density at radius 3 is 1.43 bits per heavy atom. The van der Waals surface area contributed by atoms with Gasteiger partial charge in [0.25, 0.3) is 0 Å². The van der Waals surface area contributed by atoms with E-state index < -0.39 is 51.9 Å². The van der Waals surface area contributed by atoms with Gasteiger partial charge in [-0.2, -0.15) is 36.5 Å². The topological polar surface area (TPSA) is 148 Å². The number of aromatic nitrogens is 4. The molecule has 2 saturated heterocycles. The molecule has 15 nitrogen and oxygen atoms in total. The predicted molar refractivity (Wildman–Crippen MR) is 246 cm³/mol. The van der Waals surface area contributed by atoms with Crippen LogP contribution in [-0.4, -0.2) is 125 Å². The summed E-state index contributed by atoms with van der Waals surface area (Å²) in [6.45, 7) is 12.6. The van der Waals surface area contributed by atoms with E-state index in [1.54, 1.807) is 30.1 Å². The third-order valence-electron chi connectivity index (χ3n) is 10.4. The zero-order valence-electron chi connectivity index (χ0n) is 38.2. The maximum atomic E-state index is 13.0. The summed E-state index contributed by atoms with van der Waals surface area (Å²) in [5.74, 6) is -0.359. The van der Waals surface area contributed by atoms with Crippen molar-refractivity contribution in [3.05, 3.63) is 79.3 Å². The van der Waals surface area contributed by atoms with Gasteiger partial charge in [0, 0.05) is 75.9 Å². The number of ether oxygens (including phenoxy) is 3. The zero-order chi connectivity index (χ0) is 50.9. The Bertz CT molecular complexity index is 2390. The Labute approximate surface area is 409 Å². The summed E-state index contributed by atoms with van der Waals surface area (Å²) >= 11 is 23.3. The summed E-state index contributed by atoms with van der Waals surface area (Å²) in [5, 5.41) is 15.1. The predicted octanol–water partition coefficient (Wildman–Crippen LogP) is 10.0. The molecule has 2 fully saturated rings. The number of rotatable bonds is 8. The molecule has 4 heterocycles. The van der Waals surface area contributed by atoms with E-state index in [2.05, 4.69) is 20.0 Å². The van der Waals surface area contributed by atoms with Gasteiger partial charge in [-0.3, -0.25) is 19.0 Å². The number of anilines is 2. The number of benzene rings is 2. The first-order valence-electron chi connectivity index (χ1n) is 20.9. The van der Waals surface area contributed by atoms with Crippen molar-refractivity contribution in [3.8, 4) is 11.5 Å². The SMILES string of the molecule is COc1cc(N2CCCN(C(=O)Cn3nc(C(F)(F)F)c(Cl)c3C)CC2)ccc1Cl.COc1cc(N2CCCN(C(=O)OC(C)(C)C)CC2)ccc1Cl.Cc1c(Cl)c(C(F)(F)F)nn1CC(=O)O. The smallest absolute Gasteiger partial charge is 0.436 e. The van der Waals surface area contributed by atoms with Crippen LogP contribution in [-0.2, 0) is 39.8 Å². The van der Waals surface area contributed by atoms with Gasteiger partial charge in [-0.05, 0) is 71.7 Å². The van der Waals surface area contributed by atoms with Gasteiger partial charge in [-0.1, -0.05) is 46.4 Å². The van der Waals surface area contributed by atoms with Crippen molar-refractivity contribution in [2.45, 2.75) is 78.5 Å². The minimum absolute atomic E-state index is 0.0219. The molecular formula is C43H52Cl4F6N8O7. The Kier molecular flexibility index (Phi) is 19.3. The average molecular weight is 1050 g/mol. The Hall–Kier alpha value is -4.99. The number of carbonyl (C=O) groups excluding carboxylic acids is 2. The number of halogens is 10. The summed E-state index contributed by atoms with van der Waals surface area (Å²) in [6.07, 6.45) is -7.98. The second kappa shape index (κ2) is 23.5. The van der Waals surface area contributed by atoms with Gasteiger partial charge in [0.15, 0.2) is 11.4 Å². The summed E-state index contributed by atoms with van der Waals surface area (Å²) in [4.78, 5) is 43.0. The summed E-state index contributed by atoms with van der Waals surface area (Å²) < 4.78 is 93.5. The Morgan fingerprint density at radius 1 is 0.632 bits per heavy atom. The van der Waals surface area contributed by atoms with E-state index in [0.29, 0.717) is 65.4 Å². The van der Waals surface area contributed by atoms with E-state index >= 15 is 0 Å². The molecule has 2 aromatic heterocycles. The van der Waals surface area contributed by atoms with E-state index in [1.807, 2.05) is 51.1 Å². The lowest BCUT2D eigenvalue weighted by molar-refractivity contribution is -0.143. The molecule has 0 bridgehead atoms. The maximum Gasteiger partial charge on any atom is 0.436 e. The highest BCUT2D eigenvalue weighted by atomic mass is 35.5. The van der Waals surface area contributed by atoms with Crippen molar-refractivity contribution in [1.29, 1.82) is 0 Å². The van der Waals surface area contributed by atoms with E-state index in [0.717, 1.165) is 42.1 Å². The number of amides is 2. The number of aliphatic carboxylic acids is 1. The third kappa shape index (κ3) is 15.3. The fourth-order valence-electron chi connectivity index (χ4n) is 6.88. The van der Waals surface area contributed by atoms with Crippen molar-refractivity contribution in [3.63, 3.8) is 0 Å². The molecule has 6 rings (SSSR count). The molecule has 2 aromatic carbocycles. The van der Waals surface area contributed by atoms with Crippen LogP contribution in [0.5, 0.6) is 11.5 Å². The quantitative estimate of drug-likeness (QED) is 0.168. The Balaban J connectivity index is 0.000000236. The van der Waals surface area contributed by atoms with Crippen LogP contribution in [0.25, 0.3) is 0 Å². The first-order valence-corrected chi connectivity index (χ1v) is 22.4. The lowest BCUT2D eigenvalue weighted by atomic mass is 10.2. The van der Waals surface area contributed by atoms with Gasteiger partial charge in [-0.15, -0.1) is 0 Å². The molecule has 0 atom stereocenters. The average Bonchev–Trinajstić information content (AvgIpc) is 3.47. The highest BCUT2D eigenvalue weighted by Crippen LogP contribution is 2.37. The van der Waals surface area contributed by atoms with Crippen LogP contribution in [0.1, 0.15) is 56.4 Å².